The quantitative estimate of drug-likeness (QED) is 0.756. The van der Waals surface area contributed by atoms with Gasteiger partial charge in [-0.3, -0.25) is 9.69 Å². The fourth-order valence-electron chi connectivity index (χ4n) is 3.81. The van der Waals surface area contributed by atoms with Crippen LogP contribution < -0.4 is 5.32 Å². The van der Waals surface area contributed by atoms with Crippen molar-refractivity contribution in [3.8, 4) is 0 Å². The number of hydrogen-bond acceptors (Lipinski definition) is 8. The number of rotatable bonds is 4. The number of ether oxygens (including phenoxy) is 3. The first-order valence-corrected chi connectivity index (χ1v) is 9.32. The Kier molecular flexibility index (Phi) is 4.54. The average molecular weight is 399 g/mol. The van der Waals surface area contributed by atoms with Gasteiger partial charge in [-0.05, 0) is 19.9 Å². The maximum absolute atomic E-state index is 13.3. The van der Waals surface area contributed by atoms with E-state index < -0.39 is 29.8 Å². The molecule has 1 aromatic rings. The van der Waals surface area contributed by atoms with Gasteiger partial charge in [0.25, 0.3) is 5.91 Å². The number of nitrogens with zero attached hydrogens (tertiary/aromatic N) is 2. The van der Waals surface area contributed by atoms with Crippen LogP contribution >= 0.6 is 0 Å². The van der Waals surface area contributed by atoms with Gasteiger partial charge in [-0.2, -0.15) is 0 Å². The highest BCUT2D eigenvalue weighted by molar-refractivity contribution is 6.15. The van der Waals surface area contributed by atoms with E-state index in [2.05, 4.69) is 5.32 Å². The van der Waals surface area contributed by atoms with Crippen molar-refractivity contribution in [2.45, 2.75) is 25.8 Å². The van der Waals surface area contributed by atoms with Gasteiger partial charge in [0.1, 0.15) is 11.3 Å². The highest BCUT2D eigenvalue weighted by atomic mass is 16.6. The lowest BCUT2D eigenvalue weighted by Crippen LogP contribution is -2.57. The first kappa shape index (κ1) is 19.0. The van der Waals surface area contributed by atoms with Crippen molar-refractivity contribution in [3.05, 3.63) is 53.5 Å². The summed E-state index contributed by atoms with van der Waals surface area (Å²) in [6.45, 7) is 3.48. The summed E-state index contributed by atoms with van der Waals surface area (Å²) in [5, 5.41) is 2.76. The number of carbonyl (C=O) groups excluding carboxylic acids is 3. The molecule has 1 spiro atoms. The van der Waals surface area contributed by atoms with E-state index in [1.165, 1.54) is 4.90 Å². The molecule has 1 aromatic carbocycles. The lowest BCUT2D eigenvalue weighted by atomic mass is 9.84. The number of para-hydroxylation sites is 1. The van der Waals surface area contributed by atoms with Gasteiger partial charge < -0.3 is 24.4 Å². The smallest absolute Gasteiger partial charge is 0.355 e. The van der Waals surface area contributed by atoms with Crippen molar-refractivity contribution < 1.29 is 28.6 Å². The molecule has 3 aliphatic heterocycles. The molecule has 3 aliphatic rings. The Morgan fingerprint density at radius 1 is 1.14 bits per heavy atom. The van der Waals surface area contributed by atoms with Crippen LogP contribution in [-0.4, -0.2) is 54.3 Å². The van der Waals surface area contributed by atoms with E-state index in [4.69, 9.17) is 14.2 Å². The molecule has 1 unspecified atom stereocenters. The fraction of sp³-hybridized carbons (Fsp3) is 0.350. The molecule has 4 rings (SSSR count). The van der Waals surface area contributed by atoms with Crippen molar-refractivity contribution >= 4 is 23.5 Å². The van der Waals surface area contributed by atoms with E-state index in [-0.39, 0.29) is 24.5 Å². The van der Waals surface area contributed by atoms with Gasteiger partial charge in [0.05, 0.1) is 13.2 Å². The molecule has 9 nitrogen and oxygen atoms in total. The molecule has 0 radical (unpaired) electrons. The molecule has 9 heteroatoms. The summed E-state index contributed by atoms with van der Waals surface area (Å²) in [5.74, 6) is -2.12. The van der Waals surface area contributed by atoms with Crippen molar-refractivity contribution in [1.29, 1.82) is 0 Å². The lowest BCUT2D eigenvalue weighted by molar-refractivity contribution is -0.192. The van der Waals surface area contributed by atoms with Crippen molar-refractivity contribution in [2.75, 3.05) is 25.6 Å². The number of fused-ring (bicyclic) bond motifs is 3. The number of carbonyl (C=O) groups is 3. The van der Waals surface area contributed by atoms with Crippen molar-refractivity contribution in [1.82, 2.24) is 9.80 Å². The summed E-state index contributed by atoms with van der Waals surface area (Å²) in [4.78, 5) is 42.5. The average Bonchev–Trinajstić information content (AvgIpc) is 3.20. The minimum absolute atomic E-state index is 0.0664. The number of hydrogen-bond donors (Lipinski definition) is 1. The van der Waals surface area contributed by atoms with Gasteiger partial charge in [0.15, 0.2) is 0 Å². The summed E-state index contributed by atoms with van der Waals surface area (Å²) in [5.41, 5.74) is -1.17. The maximum Gasteiger partial charge on any atom is 0.355 e. The second-order valence-corrected chi connectivity index (χ2v) is 6.66. The minimum Gasteiger partial charge on any atom is -0.462 e. The zero-order valence-corrected chi connectivity index (χ0v) is 16.3. The molecule has 152 valence electrons. The molecule has 0 aromatic heterocycles. The number of benzene rings is 1. The summed E-state index contributed by atoms with van der Waals surface area (Å²) >= 11 is 0. The van der Waals surface area contributed by atoms with Crippen LogP contribution in [0, 0.1) is 0 Å². The SMILES string of the molecule is CCOC(=O)C1=C(C(=O)OCC)C2(O[C@H]3N(C)C=CN13)C(=O)Nc1ccccc12. The molecule has 0 bridgehead atoms. The van der Waals surface area contributed by atoms with Gasteiger partial charge in [-0.25, -0.2) is 9.59 Å². The van der Waals surface area contributed by atoms with Crippen LogP contribution in [0.25, 0.3) is 0 Å². The van der Waals surface area contributed by atoms with Crippen molar-refractivity contribution in [3.63, 3.8) is 0 Å². The van der Waals surface area contributed by atoms with E-state index in [0.29, 0.717) is 11.3 Å². The third kappa shape index (κ3) is 2.61. The highest BCUT2D eigenvalue weighted by Gasteiger charge is 2.62. The summed E-state index contributed by atoms with van der Waals surface area (Å²) < 4.78 is 16.7. The predicted molar refractivity (Wildman–Crippen MR) is 101 cm³/mol. The lowest BCUT2D eigenvalue weighted by Gasteiger charge is -2.43. The largest absolute Gasteiger partial charge is 0.462 e. The second-order valence-electron chi connectivity index (χ2n) is 6.66. The molecule has 3 heterocycles. The van der Waals surface area contributed by atoms with E-state index >= 15 is 0 Å². The number of nitrogens with one attached hydrogen (secondary N) is 1. The summed E-state index contributed by atoms with van der Waals surface area (Å²) in [7, 11) is 1.74. The van der Waals surface area contributed by atoms with Crippen LogP contribution in [-0.2, 0) is 34.2 Å². The van der Waals surface area contributed by atoms with Crippen LogP contribution in [0.2, 0.25) is 0 Å². The number of amides is 1. The van der Waals surface area contributed by atoms with E-state index in [9.17, 15) is 14.4 Å². The molecule has 0 fully saturated rings. The molecular weight excluding hydrogens is 378 g/mol. The van der Waals surface area contributed by atoms with Crippen LogP contribution in [0.4, 0.5) is 5.69 Å². The van der Waals surface area contributed by atoms with Crippen LogP contribution in [0.1, 0.15) is 19.4 Å². The monoisotopic (exact) mass is 399 g/mol. The van der Waals surface area contributed by atoms with E-state index in [1.807, 2.05) is 0 Å². The minimum atomic E-state index is -1.84. The maximum atomic E-state index is 13.3. The zero-order valence-electron chi connectivity index (χ0n) is 16.3. The highest BCUT2D eigenvalue weighted by Crippen LogP contribution is 2.50. The molecule has 0 aliphatic carbocycles. The molecule has 0 saturated heterocycles. The molecule has 0 saturated carbocycles. The number of anilines is 1. The molecule has 1 N–H and O–H groups in total. The Morgan fingerprint density at radius 2 is 1.83 bits per heavy atom. The third-order valence-corrected chi connectivity index (χ3v) is 5.00. The van der Waals surface area contributed by atoms with Gasteiger partial charge in [-0.1, -0.05) is 18.2 Å². The van der Waals surface area contributed by atoms with Gasteiger partial charge in [0.2, 0.25) is 12.0 Å². The Hall–Kier alpha value is -3.33. The Bertz CT molecular complexity index is 955. The third-order valence-electron chi connectivity index (χ3n) is 5.00. The van der Waals surface area contributed by atoms with E-state index in [1.54, 1.807) is 62.5 Å². The Labute approximate surface area is 167 Å². The van der Waals surface area contributed by atoms with Crippen LogP contribution in [0.3, 0.4) is 0 Å². The molecular formula is C20H21N3O6. The Balaban J connectivity index is 2.03. The summed E-state index contributed by atoms with van der Waals surface area (Å²) in [6, 6.07) is 6.89. The second kappa shape index (κ2) is 6.93. The van der Waals surface area contributed by atoms with E-state index in [0.717, 1.165) is 0 Å². The molecule has 29 heavy (non-hydrogen) atoms. The fourth-order valence-corrected chi connectivity index (χ4v) is 3.81. The molecule has 2 atom stereocenters. The first-order valence-electron chi connectivity index (χ1n) is 9.32. The van der Waals surface area contributed by atoms with Crippen molar-refractivity contribution in [2.24, 2.45) is 0 Å². The normalized spacial score (nSPS) is 24.5. The standard InChI is InChI=1S/C20H21N3O6/c1-4-27-16(24)14-15(17(25)28-5-2)23-11-10-22(3)19(23)29-20(14)12-8-6-7-9-13(12)21-18(20)26/h6-11,19H,4-5H2,1-3H3,(H,21,26)/t19-,20?/m0/s1. The van der Waals surface area contributed by atoms with Gasteiger partial charge in [0, 0.05) is 30.7 Å². The van der Waals surface area contributed by atoms with Gasteiger partial charge in [-0.15, -0.1) is 0 Å². The number of esters is 2. The zero-order chi connectivity index (χ0) is 20.8. The van der Waals surface area contributed by atoms with Crippen LogP contribution in [0.5, 0.6) is 0 Å². The first-order chi connectivity index (χ1) is 14.0. The Morgan fingerprint density at radius 3 is 2.55 bits per heavy atom. The predicted octanol–water partition coefficient (Wildman–Crippen LogP) is 1.25. The topological polar surface area (TPSA) is 97.4 Å². The van der Waals surface area contributed by atoms with Gasteiger partial charge >= 0.3 is 11.9 Å². The molecule has 1 amide bonds. The summed E-state index contributed by atoms with van der Waals surface area (Å²) in [6.07, 6.45) is 2.47. The van der Waals surface area contributed by atoms with Crippen LogP contribution in [0.15, 0.2) is 47.9 Å².